The minimum Gasteiger partial charge on any atom is -0.352 e. The molecule has 1 amide bonds. The van der Waals surface area contributed by atoms with Gasteiger partial charge in [-0.3, -0.25) is 4.79 Å². The Hall–Kier alpha value is -2.09. The number of hydrogen-bond donors (Lipinski definition) is 1. The Morgan fingerprint density at radius 2 is 1.38 bits per heavy atom. The van der Waals surface area contributed by atoms with E-state index in [-0.39, 0.29) is 11.8 Å². The molecule has 2 aliphatic carbocycles. The third kappa shape index (κ3) is 2.58. The van der Waals surface area contributed by atoms with Crippen molar-refractivity contribution >= 4 is 5.91 Å². The second kappa shape index (κ2) is 5.03. The summed E-state index contributed by atoms with van der Waals surface area (Å²) in [4.78, 5) is 12.3. The zero-order valence-electron chi connectivity index (χ0n) is 11.9. The molecule has 4 atom stereocenters. The number of carbonyl (C=O) groups is 1. The number of amides is 1. The van der Waals surface area contributed by atoms with E-state index in [9.17, 15) is 4.79 Å². The Balaban J connectivity index is 1.33. The van der Waals surface area contributed by atoms with Gasteiger partial charge >= 0.3 is 0 Å². The van der Waals surface area contributed by atoms with Gasteiger partial charge in [-0.2, -0.15) is 0 Å². The van der Waals surface area contributed by atoms with Gasteiger partial charge in [0.05, 0.1) is 0 Å². The molecular weight excluding hydrogens is 258 g/mol. The fourth-order valence-electron chi connectivity index (χ4n) is 3.27. The normalized spacial score (nSPS) is 29.7. The van der Waals surface area contributed by atoms with E-state index in [2.05, 4.69) is 53.8 Å². The Morgan fingerprint density at radius 1 is 0.810 bits per heavy atom. The summed E-state index contributed by atoms with van der Waals surface area (Å²) in [5.74, 6) is 1.38. The van der Waals surface area contributed by atoms with Crippen molar-refractivity contribution < 1.29 is 4.79 Å². The van der Waals surface area contributed by atoms with Gasteiger partial charge in [0.2, 0.25) is 5.91 Å². The van der Waals surface area contributed by atoms with Crippen LogP contribution in [0.15, 0.2) is 60.7 Å². The highest BCUT2D eigenvalue weighted by atomic mass is 16.2. The Bertz CT molecular complexity index is 637. The summed E-state index contributed by atoms with van der Waals surface area (Å²) in [6, 6.07) is 21.2. The van der Waals surface area contributed by atoms with Crippen molar-refractivity contribution in [2.45, 2.75) is 30.7 Å². The largest absolute Gasteiger partial charge is 0.352 e. The first-order chi connectivity index (χ1) is 10.3. The second-order valence-corrected chi connectivity index (χ2v) is 6.23. The van der Waals surface area contributed by atoms with Gasteiger partial charge in [0.15, 0.2) is 0 Å². The Labute approximate surface area is 125 Å². The van der Waals surface area contributed by atoms with E-state index in [1.807, 2.05) is 12.1 Å². The fourth-order valence-corrected chi connectivity index (χ4v) is 3.27. The van der Waals surface area contributed by atoms with Crippen molar-refractivity contribution in [2.24, 2.45) is 5.92 Å². The van der Waals surface area contributed by atoms with Crippen molar-refractivity contribution in [2.75, 3.05) is 0 Å². The summed E-state index contributed by atoms with van der Waals surface area (Å²) < 4.78 is 0. The summed E-state index contributed by atoms with van der Waals surface area (Å²) in [5.41, 5.74) is 2.64. The highest BCUT2D eigenvalue weighted by Crippen LogP contribution is 2.48. The van der Waals surface area contributed by atoms with Crippen LogP contribution in [0.5, 0.6) is 0 Å². The molecule has 0 unspecified atom stereocenters. The summed E-state index contributed by atoms with van der Waals surface area (Å²) in [5, 5.41) is 3.23. The molecule has 4 rings (SSSR count). The van der Waals surface area contributed by atoms with E-state index < -0.39 is 0 Å². The molecule has 2 aliphatic rings. The maximum absolute atomic E-state index is 12.3. The molecule has 2 aromatic carbocycles. The van der Waals surface area contributed by atoms with Crippen LogP contribution in [0, 0.1) is 5.92 Å². The first-order valence-electron chi connectivity index (χ1n) is 7.73. The standard InChI is InChI=1S/C19H19NO/c21-19(17-11-15(17)13-7-3-1-4-8-13)20-18-12-16(18)14-9-5-2-6-10-14/h1-10,15-18H,11-12H2,(H,20,21)/t15-,16-,17-,18+/m0/s1. The highest BCUT2D eigenvalue weighted by molar-refractivity contribution is 5.83. The minimum absolute atomic E-state index is 0.185. The molecule has 2 nitrogen and oxygen atoms in total. The van der Waals surface area contributed by atoms with Crippen molar-refractivity contribution in [1.29, 1.82) is 0 Å². The van der Waals surface area contributed by atoms with Crippen molar-refractivity contribution in [3.63, 3.8) is 0 Å². The Kier molecular flexibility index (Phi) is 3.03. The van der Waals surface area contributed by atoms with E-state index in [0.29, 0.717) is 17.9 Å². The zero-order chi connectivity index (χ0) is 14.2. The molecule has 2 saturated carbocycles. The van der Waals surface area contributed by atoms with E-state index in [1.165, 1.54) is 11.1 Å². The molecule has 0 saturated heterocycles. The molecule has 1 N–H and O–H groups in total. The van der Waals surface area contributed by atoms with Gasteiger partial charge in [0.1, 0.15) is 0 Å². The van der Waals surface area contributed by atoms with E-state index in [0.717, 1.165) is 12.8 Å². The van der Waals surface area contributed by atoms with E-state index in [1.54, 1.807) is 0 Å². The lowest BCUT2D eigenvalue weighted by Crippen LogP contribution is -2.28. The van der Waals surface area contributed by atoms with Crippen molar-refractivity contribution in [3.8, 4) is 0 Å². The molecule has 0 aliphatic heterocycles. The molecule has 0 heterocycles. The predicted octanol–water partition coefficient (Wildman–Crippen LogP) is 3.46. The van der Waals surface area contributed by atoms with Crippen LogP contribution in [-0.2, 0) is 4.79 Å². The van der Waals surface area contributed by atoms with Gasteiger partial charge in [0.25, 0.3) is 0 Å². The maximum atomic E-state index is 12.3. The monoisotopic (exact) mass is 277 g/mol. The van der Waals surface area contributed by atoms with Gasteiger partial charge in [-0.25, -0.2) is 0 Å². The first kappa shape index (κ1) is 12.6. The minimum atomic E-state index is 0.185. The summed E-state index contributed by atoms with van der Waals surface area (Å²) in [6.45, 7) is 0. The van der Waals surface area contributed by atoms with E-state index >= 15 is 0 Å². The number of hydrogen-bond acceptors (Lipinski definition) is 1. The quantitative estimate of drug-likeness (QED) is 0.911. The third-order valence-corrected chi connectivity index (χ3v) is 4.70. The molecule has 2 fully saturated rings. The molecule has 2 heteroatoms. The van der Waals surface area contributed by atoms with Crippen LogP contribution in [0.4, 0.5) is 0 Å². The first-order valence-corrected chi connectivity index (χ1v) is 7.73. The summed E-state index contributed by atoms with van der Waals surface area (Å²) >= 11 is 0. The van der Waals surface area contributed by atoms with Gasteiger partial charge in [0, 0.05) is 17.9 Å². The van der Waals surface area contributed by atoms with Gasteiger partial charge in [-0.1, -0.05) is 60.7 Å². The average Bonchev–Trinajstić information content (AvgIpc) is 3.43. The van der Waals surface area contributed by atoms with E-state index in [4.69, 9.17) is 0 Å². The molecular formula is C19H19NO. The van der Waals surface area contributed by atoms with Crippen LogP contribution in [-0.4, -0.2) is 11.9 Å². The number of nitrogens with one attached hydrogen (secondary N) is 1. The summed E-state index contributed by atoms with van der Waals surface area (Å²) in [7, 11) is 0. The molecule has 0 radical (unpaired) electrons. The zero-order valence-corrected chi connectivity index (χ0v) is 11.9. The number of benzene rings is 2. The predicted molar refractivity (Wildman–Crippen MR) is 83.0 cm³/mol. The van der Waals surface area contributed by atoms with Crippen LogP contribution in [0.25, 0.3) is 0 Å². The van der Waals surface area contributed by atoms with Gasteiger partial charge in [-0.15, -0.1) is 0 Å². The third-order valence-electron chi connectivity index (χ3n) is 4.70. The smallest absolute Gasteiger partial charge is 0.223 e. The summed E-state index contributed by atoms with van der Waals surface area (Å²) in [6.07, 6.45) is 2.08. The van der Waals surface area contributed by atoms with Crippen LogP contribution in [0.1, 0.15) is 35.8 Å². The van der Waals surface area contributed by atoms with Crippen LogP contribution in [0.3, 0.4) is 0 Å². The number of carbonyl (C=O) groups excluding carboxylic acids is 1. The topological polar surface area (TPSA) is 29.1 Å². The lowest BCUT2D eigenvalue weighted by Gasteiger charge is -2.05. The lowest BCUT2D eigenvalue weighted by molar-refractivity contribution is -0.122. The lowest BCUT2D eigenvalue weighted by atomic mass is 10.1. The van der Waals surface area contributed by atoms with Crippen molar-refractivity contribution in [3.05, 3.63) is 71.8 Å². The molecule has 21 heavy (non-hydrogen) atoms. The molecule has 0 aromatic heterocycles. The highest BCUT2D eigenvalue weighted by Gasteiger charge is 2.47. The fraction of sp³-hybridized carbons (Fsp3) is 0.316. The molecule has 0 spiro atoms. The molecule has 106 valence electrons. The molecule has 2 aromatic rings. The number of rotatable bonds is 4. The maximum Gasteiger partial charge on any atom is 0.223 e. The van der Waals surface area contributed by atoms with Crippen LogP contribution < -0.4 is 5.32 Å². The average molecular weight is 277 g/mol. The second-order valence-electron chi connectivity index (χ2n) is 6.23. The van der Waals surface area contributed by atoms with Crippen LogP contribution >= 0.6 is 0 Å². The van der Waals surface area contributed by atoms with Gasteiger partial charge in [-0.05, 0) is 29.9 Å². The van der Waals surface area contributed by atoms with Gasteiger partial charge < -0.3 is 5.32 Å². The van der Waals surface area contributed by atoms with Crippen molar-refractivity contribution in [1.82, 2.24) is 5.32 Å². The van der Waals surface area contributed by atoms with Crippen LogP contribution in [0.2, 0.25) is 0 Å². The Morgan fingerprint density at radius 3 is 2.00 bits per heavy atom. The SMILES string of the molecule is O=C(N[C@@H]1C[C@H]1c1ccccc1)[C@H]1C[C@H]1c1ccccc1. The molecule has 0 bridgehead atoms.